The topological polar surface area (TPSA) is 47.6 Å². The van der Waals surface area contributed by atoms with Crippen molar-refractivity contribution in [3.63, 3.8) is 0 Å². The van der Waals surface area contributed by atoms with Crippen LogP contribution in [0.4, 0.5) is 13.2 Å². The quantitative estimate of drug-likeness (QED) is 0.819. The van der Waals surface area contributed by atoms with Gasteiger partial charge in [0, 0.05) is 6.04 Å². The Morgan fingerprint density at radius 2 is 2.10 bits per heavy atom. The molecule has 0 saturated carbocycles. The van der Waals surface area contributed by atoms with Gasteiger partial charge in [0.2, 0.25) is 0 Å². The van der Waals surface area contributed by atoms with Crippen LogP contribution in [-0.4, -0.2) is 26.0 Å². The summed E-state index contributed by atoms with van der Waals surface area (Å²) in [5, 5.41) is 3.02. The Hall–Kier alpha value is -1.76. The van der Waals surface area contributed by atoms with Crippen LogP contribution in [0.3, 0.4) is 0 Å². The number of ether oxygens (including phenoxy) is 2. The number of alkyl halides is 3. The number of methoxy groups -OCH3 is 1. The van der Waals surface area contributed by atoms with Crippen molar-refractivity contribution >= 4 is 5.97 Å². The van der Waals surface area contributed by atoms with Crippen molar-refractivity contribution in [1.82, 2.24) is 5.32 Å². The molecule has 0 bridgehead atoms. The van der Waals surface area contributed by atoms with E-state index in [0.29, 0.717) is 12.1 Å². The van der Waals surface area contributed by atoms with Gasteiger partial charge in [-0.1, -0.05) is 19.1 Å². The Labute approximate surface area is 114 Å². The molecule has 0 aliphatic heterocycles. The molecule has 20 heavy (non-hydrogen) atoms. The highest BCUT2D eigenvalue weighted by Gasteiger charge is 2.31. The zero-order valence-electron chi connectivity index (χ0n) is 11.2. The summed E-state index contributed by atoms with van der Waals surface area (Å²) >= 11 is 0. The first-order chi connectivity index (χ1) is 9.35. The summed E-state index contributed by atoms with van der Waals surface area (Å²) in [5.74, 6) is -0.763. The van der Waals surface area contributed by atoms with Gasteiger partial charge in [-0.15, -0.1) is 13.2 Å². The molecule has 4 nitrogen and oxygen atoms in total. The average Bonchev–Trinajstić information content (AvgIpc) is 2.36. The first kappa shape index (κ1) is 16.3. The third-order valence-corrected chi connectivity index (χ3v) is 2.54. The predicted molar refractivity (Wildman–Crippen MR) is 66.2 cm³/mol. The maximum atomic E-state index is 12.2. The van der Waals surface area contributed by atoms with Gasteiger partial charge in [-0.05, 0) is 24.2 Å². The van der Waals surface area contributed by atoms with Crippen LogP contribution in [-0.2, 0) is 9.53 Å². The van der Waals surface area contributed by atoms with Gasteiger partial charge in [-0.3, -0.25) is 4.79 Å². The second kappa shape index (κ2) is 7.14. The highest BCUT2D eigenvalue weighted by atomic mass is 19.4. The molecule has 1 rings (SSSR count). The van der Waals surface area contributed by atoms with Gasteiger partial charge in [-0.25, -0.2) is 0 Å². The minimum atomic E-state index is -4.74. The zero-order valence-corrected chi connectivity index (χ0v) is 11.2. The second-order valence-corrected chi connectivity index (χ2v) is 4.01. The van der Waals surface area contributed by atoms with Crippen molar-refractivity contribution in [2.45, 2.75) is 25.7 Å². The van der Waals surface area contributed by atoms with Crippen LogP contribution in [0.1, 0.15) is 24.9 Å². The summed E-state index contributed by atoms with van der Waals surface area (Å²) in [4.78, 5) is 11.3. The molecular weight excluding hydrogens is 275 g/mol. The van der Waals surface area contributed by atoms with E-state index in [0.717, 1.165) is 0 Å². The third-order valence-electron chi connectivity index (χ3n) is 2.54. The van der Waals surface area contributed by atoms with Crippen LogP contribution in [0.15, 0.2) is 24.3 Å². The van der Waals surface area contributed by atoms with E-state index in [1.54, 1.807) is 6.07 Å². The van der Waals surface area contributed by atoms with Crippen molar-refractivity contribution in [2.75, 3.05) is 13.7 Å². The molecule has 0 amide bonds. The standard InChI is InChI=1S/C13H16F3NO3/c1-3-17-11(8-12(18)19-2)9-5-4-6-10(7-9)20-13(14,15)16/h4-7,11,17H,3,8H2,1-2H3. The SMILES string of the molecule is CCNC(CC(=O)OC)c1cccc(OC(F)(F)F)c1. The molecule has 0 saturated heterocycles. The van der Waals surface area contributed by atoms with E-state index in [9.17, 15) is 18.0 Å². The average molecular weight is 291 g/mol. The molecule has 0 heterocycles. The summed E-state index contributed by atoms with van der Waals surface area (Å²) in [7, 11) is 1.26. The predicted octanol–water partition coefficient (Wildman–Crippen LogP) is 2.80. The normalized spacial score (nSPS) is 12.8. The molecule has 0 aliphatic carbocycles. The van der Waals surface area contributed by atoms with E-state index in [2.05, 4.69) is 14.8 Å². The van der Waals surface area contributed by atoms with Crippen molar-refractivity contribution in [3.05, 3.63) is 29.8 Å². The molecule has 7 heteroatoms. The lowest BCUT2D eigenvalue weighted by molar-refractivity contribution is -0.274. The first-order valence-corrected chi connectivity index (χ1v) is 6.01. The first-order valence-electron chi connectivity index (χ1n) is 6.01. The number of esters is 1. The fourth-order valence-corrected chi connectivity index (χ4v) is 1.73. The van der Waals surface area contributed by atoms with Gasteiger partial charge in [0.05, 0.1) is 13.5 Å². The fraction of sp³-hybridized carbons (Fsp3) is 0.462. The van der Waals surface area contributed by atoms with E-state index in [4.69, 9.17) is 0 Å². The summed E-state index contributed by atoms with van der Waals surface area (Å²) in [5.41, 5.74) is 0.527. The van der Waals surface area contributed by atoms with E-state index in [1.165, 1.54) is 25.3 Å². The molecule has 0 fully saturated rings. The molecule has 0 spiro atoms. The van der Waals surface area contributed by atoms with Crippen molar-refractivity contribution in [1.29, 1.82) is 0 Å². The lowest BCUT2D eigenvalue weighted by atomic mass is 10.0. The van der Waals surface area contributed by atoms with E-state index in [1.807, 2.05) is 6.92 Å². The number of rotatable bonds is 6. The minimum Gasteiger partial charge on any atom is -0.469 e. The Kier molecular flexibility index (Phi) is 5.82. The van der Waals surface area contributed by atoms with Crippen LogP contribution >= 0.6 is 0 Å². The molecule has 112 valence electrons. The Morgan fingerprint density at radius 1 is 1.40 bits per heavy atom. The third kappa shape index (κ3) is 5.48. The molecular formula is C13H16F3NO3. The van der Waals surface area contributed by atoms with Crippen molar-refractivity contribution in [3.8, 4) is 5.75 Å². The Balaban J connectivity index is 2.90. The van der Waals surface area contributed by atoms with Crippen LogP contribution in [0.5, 0.6) is 5.75 Å². The molecule has 0 aromatic heterocycles. The number of carbonyl (C=O) groups excluding carboxylic acids is 1. The van der Waals surface area contributed by atoms with Crippen LogP contribution in [0, 0.1) is 0 Å². The maximum Gasteiger partial charge on any atom is 0.573 e. The lowest BCUT2D eigenvalue weighted by Crippen LogP contribution is -2.24. The zero-order chi connectivity index (χ0) is 15.2. The maximum absolute atomic E-state index is 12.2. The van der Waals surface area contributed by atoms with Gasteiger partial charge in [0.15, 0.2) is 0 Å². The number of halogens is 3. The summed E-state index contributed by atoms with van der Waals surface area (Å²) < 4.78 is 45.0. The molecule has 0 aliphatic rings. The van der Waals surface area contributed by atoms with Gasteiger partial charge >= 0.3 is 12.3 Å². The van der Waals surface area contributed by atoms with Gasteiger partial charge in [0.25, 0.3) is 0 Å². The van der Waals surface area contributed by atoms with E-state index in [-0.39, 0.29) is 12.2 Å². The highest BCUT2D eigenvalue weighted by molar-refractivity contribution is 5.70. The van der Waals surface area contributed by atoms with Crippen LogP contribution < -0.4 is 10.1 Å². The smallest absolute Gasteiger partial charge is 0.469 e. The molecule has 1 aromatic rings. The summed E-state index contributed by atoms with van der Waals surface area (Å²) in [6.07, 6.45) is -4.71. The van der Waals surface area contributed by atoms with E-state index >= 15 is 0 Å². The van der Waals surface area contributed by atoms with Crippen molar-refractivity contribution in [2.24, 2.45) is 0 Å². The van der Waals surface area contributed by atoms with E-state index < -0.39 is 18.4 Å². The lowest BCUT2D eigenvalue weighted by Gasteiger charge is -2.18. The summed E-state index contributed by atoms with van der Waals surface area (Å²) in [6.45, 7) is 2.40. The number of nitrogens with one attached hydrogen (secondary N) is 1. The number of benzene rings is 1. The van der Waals surface area contributed by atoms with Gasteiger partial charge < -0.3 is 14.8 Å². The largest absolute Gasteiger partial charge is 0.573 e. The molecule has 1 atom stereocenters. The van der Waals surface area contributed by atoms with Crippen molar-refractivity contribution < 1.29 is 27.4 Å². The van der Waals surface area contributed by atoms with Crippen LogP contribution in [0.2, 0.25) is 0 Å². The minimum absolute atomic E-state index is 0.0276. The highest BCUT2D eigenvalue weighted by Crippen LogP contribution is 2.26. The Bertz CT molecular complexity index is 449. The number of hydrogen-bond acceptors (Lipinski definition) is 4. The summed E-state index contributed by atoms with van der Waals surface area (Å²) in [6, 6.07) is 5.10. The fourth-order valence-electron chi connectivity index (χ4n) is 1.73. The van der Waals surface area contributed by atoms with Gasteiger partial charge in [0.1, 0.15) is 5.75 Å². The number of hydrogen-bond donors (Lipinski definition) is 1. The van der Waals surface area contributed by atoms with Crippen LogP contribution in [0.25, 0.3) is 0 Å². The monoisotopic (exact) mass is 291 g/mol. The molecule has 1 aromatic carbocycles. The second-order valence-electron chi connectivity index (χ2n) is 4.01. The molecule has 0 radical (unpaired) electrons. The Morgan fingerprint density at radius 3 is 2.65 bits per heavy atom. The number of carbonyl (C=O) groups is 1. The molecule has 1 N–H and O–H groups in total. The molecule has 1 unspecified atom stereocenters. The van der Waals surface area contributed by atoms with Gasteiger partial charge in [-0.2, -0.15) is 0 Å².